The number of nitrogens with one attached hydrogen (secondary N) is 1. The molecule has 1 aromatic carbocycles. The summed E-state index contributed by atoms with van der Waals surface area (Å²) < 4.78 is 0. The fourth-order valence-corrected chi connectivity index (χ4v) is 6.19. The highest BCUT2D eigenvalue weighted by Crippen LogP contribution is 2.84. The zero-order valence-corrected chi connectivity index (χ0v) is 20.5. The summed E-state index contributed by atoms with van der Waals surface area (Å²) in [5, 5.41) is 3.31. The van der Waals surface area contributed by atoms with Crippen LogP contribution in [0.3, 0.4) is 0 Å². The molecular formula is C29H47NO. The first-order valence-electron chi connectivity index (χ1n) is 13.5. The van der Waals surface area contributed by atoms with E-state index in [1.165, 1.54) is 89.0 Å². The second kappa shape index (κ2) is 12.1. The first kappa shape index (κ1) is 24.3. The predicted octanol–water partition coefficient (Wildman–Crippen LogP) is 8.23. The number of rotatable bonds is 17. The van der Waals surface area contributed by atoms with Gasteiger partial charge in [0.25, 0.3) is 0 Å². The summed E-state index contributed by atoms with van der Waals surface area (Å²) in [5.41, 5.74) is 1.18. The van der Waals surface area contributed by atoms with Crippen LogP contribution in [0.2, 0.25) is 0 Å². The van der Waals surface area contributed by atoms with Gasteiger partial charge in [-0.3, -0.25) is 4.79 Å². The topological polar surface area (TPSA) is 29.1 Å². The first-order chi connectivity index (χ1) is 15.2. The second-order valence-corrected chi connectivity index (χ2v) is 10.4. The number of benzene rings is 1. The van der Waals surface area contributed by atoms with E-state index in [-0.39, 0.29) is 11.5 Å². The largest absolute Gasteiger partial charge is 0.349 e. The summed E-state index contributed by atoms with van der Waals surface area (Å²) >= 11 is 0. The van der Waals surface area contributed by atoms with Gasteiger partial charge < -0.3 is 5.32 Å². The molecule has 0 heterocycles. The van der Waals surface area contributed by atoms with E-state index in [0.29, 0.717) is 17.7 Å². The molecule has 2 fully saturated rings. The lowest BCUT2D eigenvalue weighted by Gasteiger charge is -2.27. The van der Waals surface area contributed by atoms with Crippen molar-refractivity contribution in [1.29, 1.82) is 0 Å². The molecule has 174 valence electrons. The zero-order chi connectivity index (χ0) is 22.1. The fraction of sp³-hybridized carbons (Fsp3) is 0.759. The monoisotopic (exact) mass is 425 g/mol. The minimum Gasteiger partial charge on any atom is -0.349 e. The normalized spacial score (nSPS) is 26.9. The summed E-state index contributed by atoms with van der Waals surface area (Å²) in [5.74, 6) is 2.54. The minimum absolute atomic E-state index is 0.0230. The lowest BCUT2D eigenvalue weighted by Crippen LogP contribution is -2.39. The third-order valence-corrected chi connectivity index (χ3v) is 8.30. The van der Waals surface area contributed by atoms with Crippen LogP contribution in [0.25, 0.3) is 0 Å². The lowest BCUT2D eigenvalue weighted by molar-refractivity contribution is -0.130. The third kappa shape index (κ3) is 6.14. The van der Waals surface area contributed by atoms with E-state index in [9.17, 15) is 4.79 Å². The van der Waals surface area contributed by atoms with Crippen molar-refractivity contribution < 1.29 is 4.79 Å². The summed E-state index contributed by atoms with van der Waals surface area (Å²) in [6, 6.07) is 10.4. The molecule has 1 aromatic rings. The SMILES string of the molecule is CCCCCCCCCCCCCCC1C2C1C2(CC)C(=O)NC(C)c1ccccc1. The summed E-state index contributed by atoms with van der Waals surface area (Å²) in [4.78, 5) is 13.0. The second-order valence-electron chi connectivity index (χ2n) is 10.4. The number of fused-ring (bicyclic) bond motifs is 1. The molecule has 2 saturated carbocycles. The molecule has 0 saturated heterocycles. The van der Waals surface area contributed by atoms with Gasteiger partial charge >= 0.3 is 0 Å². The molecule has 1 amide bonds. The highest BCUT2D eigenvalue weighted by molar-refractivity contribution is 5.89. The number of hydrogen-bond acceptors (Lipinski definition) is 1. The average Bonchev–Trinajstić information content (AvgIpc) is 3.68. The Labute approximate surface area is 192 Å². The molecule has 1 N–H and O–H groups in total. The Morgan fingerprint density at radius 2 is 1.35 bits per heavy atom. The molecule has 2 nitrogen and oxygen atoms in total. The zero-order valence-electron chi connectivity index (χ0n) is 20.5. The Hall–Kier alpha value is -1.31. The molecule has 0 spiro atoms. The maximum Gasteiger partial charge on any atom is 0.227 e. The molecule has 3 rings (SSSR count). The number of carbonyl (C=O) groups is 1. The van der Waals surface area contributed by atoms with Gasteiger partial charge in [0.2, 0.25) is 5.91 Å². The van der Waals surface area contributed by atoms with E-state index < -0.39 is 0 Å². The standard InChI is InChI=1S/C29H47NO/c1-4-6-7-8-9-10-11-12-13-14-15-19-22-25-26-27(25)29(26,5-2)28(31)30-23(3)24-20-17-16-18-21-24/h16-18,20-21,23,25-27H,4-15,19,22H2,1-3H3,(H,30,31). The van der Waals surface area contributed by atoms with Gasteiger partial charge in [0.15, 0.2) is 0 Å². The number of unbranched alkanes of at least 4 members (excludes halogenated alkanes) is 11. The van der Waals surface area contributed by atoms with Crippen molar-refractivity contribution in [2.24, 2.45) is 23.2 Å². The Bertz CT molecular complexity index is 644. The smallest absolute Gasteiger partial charge is 0.227 e. The number of amides is 1. The van der Waals surface area contributed by atoms with Gasteiger partial charge in [-0.25, -0.2) is 0 Å². The van der Waals surface area contributed by atoms with Crippen molar-refractivity contribution in [3.8, 4) is 0 Å². The van der Waals surface area contributed by atoms with Crippen molar-refractivity contribution >= 4 is 5.91 Å². The molecule has 31 heavy (non-hydrogen) atoms. The maximum absolute atomic E-state index is 13.0. The van der Waals surface area contributed by atoms with E-state index in [1.54, 1.807) is 0 Å². The van der Waals surface area contributed by atoms with Crippen LogP contribution in [-0.4, -0.2) is 5.91 Å². The number of carbonyl (C=O) groups excluding carboxylic acids is 1. The van der Waals surface area contributed by atoms with Crippen molar-refractivity contribution in [3.05, 3.63) is 35.9 Å². The van der Waals surface area contributed by atoms with Crippen molar-refractivity contribution in [1.82, 2.24) is 5.32 Å². The molecular weight excluding hydrogens is 378 g/mol. The van der Waals surface area contributed by atoms with E-state index in [4.69, 9.17) is 0 Å². The van der Waals surface area contributed by atoms with Crippen LogP contribution >= 0.6 is 0 Å². The molecule has 0 aliphatic heterocycles. The summed E-state index contributed by atoms with van der Waals surface area (Å²) in [7, 11) is 0. The van der Waals surface area contributed by atoms with E-state index >= 15 is 0 Å². The summed E-state index contributed by atoms with van der Waals surface area (Å²) in [6.07, 6.45) is 19.4. The Balaban J connectivity index is 1.21. The van der Waals surface area contributed by atoms with Crippen LogP contribution in [0.5, 0.6) is 0 Å². The van der Waals surface area contributed by atoms with Crippen LogP contribution < -0.4 is 5.32 Å². The molecule has 2 heteroatoms. The van der Waals surface area contributed by atoms with Gasteiger partial charge in [-0.05, 0) is 43.1 Å². The molecule has 0 radical (unpaired) electrons. The van der Waals surface area contributed by atoms with Crippen LogP contribution in [0, 0.1) is 23.2 Å². The molecule has 3 atom stereocenters. The Morgan fingerprint density at radius 3 is 1.87 bits per heavy atom. The van der Waals surface area contributed by atoms with Gasteiger partial charge in [0.05, 0.1) is 11.5 Å². The van der Waals surface area contributed by atoms with Crippen LogP contribution in [0.1, 0.15) is 122 Å². The van der Waals surface area contributed by atoms with Gasteiger partial charge in [-0.2, -0.15) is 0 Å². The van der Waals surface area contributed by atoms with E-state index in [2.05, 4.69) is 38.2 Å². The van der Waals surface area contributed by atoms with Gasteiger partial charge in [0, 0.05) is 0 Å². The van der Waals surface area contributed by atoms with Crippen LogP contribution in [-0.2, 0) is 4.79 Å². The van der Waals surface area contributed by atoms with Crippen LogP contribution in [0.4, 0.5) is 0 Å². The maximum atomic E-state index is 13.0. The van der Waals surface area contributed by atoms with Gasteiger partial charge in [-0.1, -0.05) is 121 Å². The van der Waals surface area contributed by atoms with Crippen molar-refractivity contribution in [3.63, 3.8) is 0 Å². The first-order valence-corrected chi connectivity index (χ1v) is 13.5. The van der Waals surface area contributed by atoms with Crippen molar-refractivity contribution in [2.75, 3.05) is 0 Å². The van der Waals surface area contributed by atoms with Crippen LogP contribution in [0.15, 0.2) is 30.3 Å². The molecule has 2 aliphatic rings. The van der Waals surface area contributed by atoms with Gasteiger partial charge in [0.1, 0.15) is 0 Å². The minimum atomic E-state index is -0.0230. The van der Waals surface area contributed by atoms with Crippen molar-refractivity contribution in [2.45, 2.75) is 117 Å². The lowest BCUT2D eigenvalue weighted by atomic mass is 9.82. The third-order valence-electron chi connectivity index (χ3n) is 8.30. The predicted molar refractivity (Wildman–Crippen MR) is 132 cm³/mol. The van der Waals surface area contributed by atoms with E-state index in [1.807, 2.05) is 18.2 Å². The number of hydrogen-bond donors (Lipinski definition) is 1. The van der Waals surface area contributed by atoms with Gasteiger partial charge in [-0.15, -0.1) is 0 Å². The molecule has 0 aromatic heterocycles. The summed E-state index contributed by atoms with van der Waals surface area (Å²) in [6.45, 7) is 6.60. The Morgan fingerprint density at radius 1 is 0.839 bits per heavy atom. The quantitative estimate of drug-likeness (QED) is 0.250. The Kier molecular flexibility index (Phi) is 9.48. The highest BCUT2D eigenvalue weighted by atomic mass is 16.2. The highest BCUT2D eigenvalue weighted by Gasteiger charge is 2.84. The molecule has 3 unspecified atom stereocenters. The average molecular weight is 426 g/mol. The molecule has 2 aliphatic carbocycles. The fourth-order valence-electron chi connectivity index (χ4n) is 6.19. The van der Waals surface area contributed by atoms with E-state index in [0.717, 1.165) is 12.3 Å². The molecule has 0 bridgehead atoms.